The molecule has 1 aliphatic heterocycles. The Labute approximate surface area is 107 Å². The minimum Gasteiger partial charge on any atom is -0.312 e. The summed E-state index contributed by atoms with van der Waals surface area (Å²) in [5, 5.41) is 10.6. The summed E-state index contributed by atoms with van der Waals surface area (Å²) in [5.74, 6) is 0. The third kappa shape index (κ3) is 2.76. The molecule has 0 unspecified atom stereocenters. The van der Waals surface area contributed by atoms with Gasteiger partial charge in [-0.15, -0.1) is 17.5 Å². The van der Waals surface area contributed by atoms with E-state index in [4.69, 9.17) is 0 Å². The summed E-state index contributed by atoms with van der Waals surface area (Å²) in [6, 6.07) is 0.171. The molecular weight excluding hydrogens is 266 g/mol. The molecule has 0 bridgehead atoms. The average Bonchev–Trinajstić information content (AvgIpc) is 2.65. The molecule has 0 amide bonds. The monoisotopic (exact) mass is 281 g/mol. The van der Waals surface area contributed by atoms with Gasteiger partial charge in [-0.1, -0.05) is 5.21 Å². The molecule has 2 heterocycles. The molecule has 7 nitrogen and oxygen atoms in total. The number of hydrogen-bond acceptors (Lipinski definition) is 5. The molecule has 0 radical (unpaired) electrons. The van der Waals surface area contributed by atoms with Crippen LogP contribution in [0.5, 0.6) is 0 Å². The predicted molar refractivity (Wildman–Crippen MR) is 64.5 cm³/mol. The van der Waals surface area contributed by atoms with Crippen molar-refractivity contribution < 1.29 is 8.42 Å². The molecule has 1 saturated heterocycles. The van der Waals surface area contributed by atoms with Crippen molar-refractivity contribution in [2.45, 2.75) is 18.0 Å². The predicted octanol–water partition coefficient (Wildman–Crippen LogP) is -0.781. The topological polar surface area (TPSA) is 80.1 Å². The van der Waals surface area contributed by atoms with E-state index in [2.05, 4.69) is 15.6 Å². The second-order valence-corrected chi connectivity index (χ2v) is 5.80. The zero-order valence-electron chi connectivity index (χ0n) is 9.70. The molecule has 1 atom stereocenters. The fourth-order valence-corrected chi connectivity index (χ4v) is 3.33. The van der Waals surface area contributed by atoms with Gasteiger partial charge < -0.3 is 5.32 Å². The lowest BCUT2D eigenvalue weighted by atomic mass is 10.3. The maximum absolute atomic E-state index is 12.2. The smallest absolute Gasteiger partial charge is 0.261 e. The Bertz CT molecular complexity index is 474. The normalized spacial score (nSPS) is 22.1. The fraction of sp³-hybridized carbons (Fsp3) is 0.750. The van der Waals surface area contributed by atoms with Crippen molar-refractivity contribution in [3.63, 3.8) is 0 Å². The molecule has 9 heteroatoms. The maximum Gasteiger partial charge on any atom is 0.261 e. The SMILES string of the molecule is C[C@@H]1CN(S(=O)(=O)c2cnnn2C)CCN1.Cl. The van der Waals surface area contributed by atoms with Gasteiger partial charge >= 0.3 is 0 Å². The maximum atomic E-state index is 12.2. The summed E-state index contributed by atoms with van der Waals surface area (Å²) in [6.45, 7) is 3.60. The number of rotatable bonds is 2. The van der Waals surface area contributed by atoms with Crippen molar-refractivity contribution in [1.29, 1.82) is 0 Å². The first-order valence-corrected chi connectivity index (χ1v) is 6.54. The molecule has 0 aliphatic carbocycles. The van der Waals surface area contributed by atoms with Crippen LogP contribution >= 0.6 is 12.4 Å². The van der Waals surface area contributed by atoms with Crippen molar-refractivity contribution in [1.82, 2.24) is 24.6 Å². The number of nitrogens with zero attached hydrogens (tertiary/aromatic N) is 4. The minimum absolute atomic E-state index is 0. The van der Waals surface area contributed by atoms with E-state index in [1.54, 1.807) is 7.05 Å². The second-order valence-electron chi connectivity index (χ2n) is 3.91. The molecule has 2 rings (SSSR count). The molecule has 98 valence electrons. The van der Waals surface area contributed by atoms with Crippen LogP contribution in [0.4, 0.5) is 0 Å². The summed E-state index contributed by atoms with van der Waals surface area (Å²) in [6.07, 6.45) is 1.28. The van der Waals surface area contributed by atoms with E-state index < -0.39 is 10.0 Å². The highest BCUT2D eigenvalue weighted by Crippen LogP contribution is 2.14. The highest BCUT2D eigenvalue weighted by atomic mass is 35.5. The van der Waals surface area contributed by atoms with Gasteiger partial charge in [-0.05, 0) is 6.92 Å². The molecule has 1 N–H and O–H groups in total. The Balaban J connectivity index is 0.00000144. The number of nitrogens with one attached hydrogen (secondary N) is 1. The van der Waals surface area contributed by atoms with Crippen LogP contribution in [0.1, 0.15) is 6.92 Å². The lowest BCUT2D eigenvalue weighted by Gasteiger charge is -2.30. The number of piperazine rings is 1. The summed E-state index contributed by atoms with van der Waals surface area (Å²) in [7, 11) is -1.88. The highest BCUT2D eigenvalue weighted by Gasteiger charge is 2.30. The van der Waals surface area contributed by atoms with Crippen LogP contribution in [-0.2, 0) is 17.1 Å². The van der Waals surface area contributed by atoms with Crippen LogP contribution in [0.25, 0.3) is 0 Å². The first-order chi connectivity index (χ1) is 7.51. The van der Waals surface area contributed by atoms with E-state index >= 15 is 0 Å². The van der Waals surface area contributed by atoms with Crippen LogP contribution in [0, 0.1) is 0 Å². The van der Waals surface area contributed by atoms with Crippen molar-refractivity contribution in [2.75, 3.05) is 19.6 Å². The van der Waals surface area contributed by atoms with Gasteiger partial charge in [0.25, 0.3) is 10.0 Å². The highest BCUT2D eigenvalue weighted by molar-refractivity contribution is 7.89. The van der Waals surface area contributed by atoms with E-state index in [0.717, 1.165) is 0 Å². The first-order valence-electron chi connectivity index (χ1n) is 5.10. The Morgan fingerprint density at radius 3 is 2.76 bits per heavy atom. The standard InChI is InChI=1S/C8H15N5O2S.ClH/c1-7-6-13(4-3-9-7)16(14,15)8-5-10-11-12(8)2;/h5,7,9H,3-4,6H2,1-2H3;1H/t7-;/m1./s1. The van der Waals surface area contributed by atoms with Gasteiger partial charge in [-0.2, -0.15) is 4.31 Å². The third-order valence-corrected chi connectivity index (χ3v) is 4.52. The Hall–Kier alpha value is -0.700. The lowest BCUT2D eigenvalue weighted by Crippen LogP contribution is -2.51. The number of aryl methyl sites for hydroxylation is 1. The number of hydrogen-bond donors (Lipinski definition) is 1. The van der Waals surface area contributed by atoms with Gasteiger partial charge in [0, 0.05) is 32.7 Å². The van der Waals surface area contributed by atoms with Crippen LogP contribution in [0.15, 0.2) is 11.2 Å². The van der Waals surface area contributed by atoms with Crippen LogP contribution in [0.2, 0.25) is 0 Å². The minimum atomic E-state index is -3.45. The number of sulfonamides is 1. The van der Waals surface area contributed by atoms with E-state index in [1.807, 2.05) is 6.92 Å². The molecule has 17 heavy (non-hydrogen) atoms. The molecular formula is C8H16ClN5O2S. The zero-order valence-corrected chi connectivity index (χ0v) is 11.3. The van der Waals surface area contributed by atoms with Gasteiger partial charge in [0.2, 0.25) is 0 Å². The average molecular weight is 282 g/mol. The first kappa shape index (κ1) is 14.4. The third-order valence-electron chi connectivity index (χ3n) is 2.61. The molecule has 1 aliphatic rings. The van der Waals surface area contributed by atoms with Crippen LogP contribution in [0.3, 0.4) is 0 Å². The van der Waals surface area contributed by atoms with E-state index in [1.165, 1.54) is 15.2 Å². The lowest BCUT2D eigenvalue weighted by molar-refractivity contribution is 0.308. The van der Waals surface area contributed by atoms with Crippen molar-refractivity contribution in [3.8, 4) is 0 Å². The number of aromatic nitrogens is 3. The summed E-state index contributed by atoms with van der Waals surface area (Å²) in [4.78, 5) is 0. The van der Waals surface area contributed by atoms with Gasteiger partial charge in [0.05, 0.1) is 6.20 Å². The summed E-state index contributed by atoms with van der Waals surface area (Å²) >= 11 is 0. The molecule has 1 aromatic heterocycles. The Morgan fingerprint density at radius 1 is 1.53 bits per heavy atom. The fourth-order valence-electron chi connectivity index (χ4n) is 1.76. The van der Waals surface area contributed by atoms with Gasteiger partial charge in [0.15, 0.2) is 5.03 Å². The molecule has 0 saturated carbocycles. The Morgan fingerprint density at radius 2 is 2.24 bits per heavy atom. The molecule has 0 spiro atoms. The van der Waals surface area contributed by atoms with E-state index in [0.29, 0.717) is 19.6 Å². The number of halogens is 1. The van der Waals surface area contributed by atoms with Crippen LogP contribution < -0.4 is 5.32 Å². The van der Waals surface area contributed by atoms with Gasteiger partial charge in [0.1, 0.15) is 0 Å². The van der Waals surface area contributed by atoms with Crippen molar-refractivity contribution in [2.24, 2.45) is 7.05 Å². The molecule has 1 aromatic rings. The zero-order chi connectivity index (χ0) is 11.8. The van der Waals surface area contributed by atoms with Gasteiger partial charge in [-0.3, -0.25) is 0 Å². The molecule has 0 aromatic carbocycles. The van der Waals surface area contributed by atoms with E-state index in [9.17, 15) is 8.42 Å². The summed E-state index contributed by atoms with van der Waals surface area (Å²) in [5.41, 5.74) is 0. The van der Waals surface area contributed by atoms with Crippen molar-refractivity contribution in [3.05, 3.63) is 6.20 Å². The quantitative estimate of drug-likeness (QED) is 0.769. The Kier molecular flexibility index (Phi) is 4.48. The van der Waals surface area contributed by atoms with Crippen molar-refractivity contribution >= 4 is 22.4 Å². The summed E-state index contributed by atoms with van der Waals surface area (Å²) < 4.78 is 27.2. The second kappa shape index (κ2) is 5.30. The van der Waals surface area contributed by atoms with E-state index in [-0.39, 0.29) is 23.5 Å². The van der Waals surface area contributed by atoms with Crippen LogP contribution in [-0.4, -0.2) is 53.4 Å². The van der Waals surface area contributed by atoms with Gasteiger partial charge in [-0.25, -0.2) is 13.1 Å². The largest absolute Gasteiger partial charge is 0.312 e. The molecule has 1 fully saturated rings.